The lowest BCUT2D eigenvalue weighted by Crippen LogP contribution is -2.34. The molecule has 1 heterocycles. The number of furan rings is 1. The predicted molar refractivity (Wildman–Crippen MR) is 66.2 cm³/mol. The van der Waals surface area contributed by atoms with Gasteiger partial charge < -0.3 is 19.6 Å². The second-order valence-electron chi connectivity index (χ2n) is 3.66. The van der Waals surface area contributed by atoms with Crippen LogP contribution in [0.3, 0.4) is 0 Å². The van der Waals surface area contributed by atoms with E-state index in [0.717, 1.165) is 0 Å². The normalized spacial score (nSPS) is 12.7. The molecule has 8 heteroatoms. The van der Waals surface area contributed by atoms with E-state index in [9.17, 15) is 18.7 Å². The van der Waals surface area contributed by atoms with Gasteiger partial charge in [-0.3, -0.25) is 4.79 Å². The molecule has 0 aromatic carbocycles. The Morgan fingerprint density at radius 1 is 1.58 bits per heavy atom. The first kappa shape index (κ1) is 15.9. The molecule has 0 aliphatic heterocycles. The summed E-state index contributed by atoms with van der Waals surface area (Å²) >= 11 is 0.419. The Labute approximate surface area is 113 Å². The van der Waals surface area contributed by atoms with Crippen LogP contribution in [0.1, 0.15) is 16.3 Å². The molecule has 0 fully saturated rings. The van der Waals surface area contributed by atoms with Crippen molar-refractivity contribution in [2.24, 2.45) is 0 Å². The van der Waals surface area contributed by atoms with Gasteiger partial charge in [-0.1, -0.05) is 11.8 Å². The quantitative estimate of drug-likeness (QED) is 0.760. The number of hydrogen-bond donors (Lipinski definition) is 2. The van der Waals surface area contributed by atoms with Crippen molar-refractivity contribution < 1.29 is 27.8 Å². The molecule has 0 bridgehead atoms. The molecule has 1 aromatic rings. The standard InChI is InChI=1S/C11H15F2NO4S/c1-17-5-7(15)4-14-10(16)9-3-2-8(18-9)6-19-11(12)13/h2-3,7,11,15H,4-6H2,1H3,(H,14,16). The maximum absolute atomic E-state index is 12.0. The van der Waals surface area contributed by atoms with Gasteiger partial charge in [0, 0.05) is 13.7 Å². The molecule has 108 valence electrons. The number of alkyl halides is 2. The summed E-state index contributed by atoms with van der Waals surface area (Å²) in [5.41, 5.74) is 0. The summed E-state index contributed by atoms with van der Waals surface area (Å²) < 4.78 is 33.8. The number of nitrogens with one attached hydrogen (secondary N) is 1. The molecule has 19 heavy (non-hydrogen) atoms. The number of hydrogen-bond acceptors (Lipinski definition) is 5. The number of ether oxygens (including phenoxy) is 1. The Hall–Kier alpha value is -1.12. The number of carbonyl (C=O) groups is 1. The smallest absolute Gasteiger partial charge is 0.287 e. The van der Waals surface area contributed by atoms with Gasteiger partial charge in [0.2, 0.25) is 0 Å². The number of thioether (sulfide) groups is 1. The minimum Gasteiger partial charge on any atom is -0.455 e. The third kappa shape index (κ3) is 6.04. The molecule has 0 saturated carbocycles. The van der Waals surface area contributed by atoms with E-state index in [2.05, 4.69) is 5.32 Å². The molecule has 1 rings (SSSR count). The Bertz CT molecular complexity index is 400. The number of aliphatic hydroxyl groups excluding tert-OH is 1. The molecular formula is C11H15F2NO4S. The topological polar surface area (TPSA) is 71.7 Å². The molecule has 0 aliphatic carbocycles. The maximum Gasteiger partial charge on any atom is 0.287 e. The fourth-order valence-electron chi connectivity index (χ4n) is 1.27. The summed E-state index contributed by atoms with van der Waals surface area (Å²) in [7, 11) is 1.44. The maximum atomic E-state index is 12.0. The van der Waals surface area contributed by atoms with Gasteiger partial charge in [0.25, 0.3) is 11.7 Å². The van der Waals surface area contributed by atoms with E-state index in [1.165, 1.54) is 19.2 Å². The number of methoxy groups -OCH3 is 1. The van der Waals surface area contributed by atoms with Crippen LogP contribution in [-0.4, -0.2) is 43.1 Å². The summed E-state index contributed by atoms with van der Waals surface area (Å²) in [6.45, 7) is 0.128. The van der Waals surface area contributed by atoms with Crippen LogP contribution in [0.5, 0.6) is 0 Å². The number of rotatable bonds is 8. The van der Waals surface area contributed by atoms with Crippen LogP contribution in [0.4, 0.5) is 8.78 Å². The lowest BCUT2D eigenvalue weighted by Gasteiger charge is -2.09. The fraction of sp³-hybridized carbons (Fsp3) is 0.545. The minimum absolute atomic E-state index is 0.00273. The van der Waals surface area contributed by atoms with Crippen LogP contribution in [0, 0.1) is 0 Å². The number of halogens is 2. The van der Waals surface area contributed by atoms with Crippen molar-refractivity contribution in [1.29, 1.82) is 0 Å². The van der Waals surface area contributed by atoms with Crippen molar-refractivity contribution in [2.45, 2.75) is 17.6 Å². The molecule has 1 atom stereocenters. The first-order chi connectivity index (χ1) is 9.02. The van der Waals surface area contributed by atoms with Gasteiger partial charge in [-0.05, 0) is 12.1 Å². The van der Waals surface area contributed by atoms with E-state index in [4.69, 9.17) is 9.15 Å². The van der Waals surface area contributed by atoms with Crippen molar-refractivity contribution in [3.8, 4) is 0 Å². The highest BCUT2D eigenvalue weighted by Crippen LogP contribution is 2.21. The van der Waals surface area contributed by atoms with Gasteiger partial charge >= 0.3 is 0 Å². The molecule has 1 unspecified atom stereocenters. The third-order valence-electron chi connectivity index (χ3n) is 2.09. The highest BCUT2D eigenvalue weighted by molar-refractivity contribution is 7.98. The van der Waals surface area contributed by atoms with Crippen LogP contribution in [0.2, 0.25) is 0 Å². The zero-order valence-corrected chi connectivity index (χ0v) is 11.1. The molecule has 0 saturated heterocycles. The van der Waals surface area contributed by atoms with Crippen molar-refractivity contribution in [3.63, 3.8) is 0 Å². The Morgan fingerprint density at radius 3 is 2.95 bits per heavy atom. The average Bonchev–Trinajstić information content (AvgIpc) is 2.82. The van der Waals surface area contributed by atoms with E-state index in [1.54, 1.807) is 0 Å². The van der Waals surface area contributed by atoms with Gasteiger partial charge in [0.1, 0.15) is 5.76 Å². The van der Waals surface area contributed by atoms with Crippen LogP contribution in [0.15, 0.2) is 16.5 Å². The predicted octanol–water partition coefficient (Wildman–Crippen LogP) is 1.47. The fourth-order valence-corrected chi connectivity index (χ4v) is 1.72. The first-order valence-electron chi connectivity index (χ1n) is 5.46. The zero-order valence-electron chi connectivity index (χ0n) is 10.3. The van der Waals surface area contributed by atoms with Crippen molar-refractivity contribution >= 4 is 17.7 Å². The summed E-state index contributed by atoms with van der Waals surface area (Å²) in [6, 6.07) is 2.87. The lowest BCUT2D eigenvalue weighted by atomic mass is 10.3. The molecule has 0 spiro atoms. The second-order valence-corrected chi connectivity index (χ2v) is 4.64. The summed E-state index contributed by atoms with van der Waals surface area (Å²) in [4.78, 5) is 11.6. The Morgan fingerprint density at radius 2 is 2.32 bits per heavy atom. The van der Waals surface area contributed by atoms with Crippen LogP contribution in [0.25, 0.3) is 0 Å². The van der Waals surface area contributed by atoms with Gasteiger partial charge in [-0.25, -0.2) is 0 Å². The second kappa shape index (κ2) is 8.13. The van der Waals surface area contributed by atoms with E-state index in [-0.39, 0.29) is 24.7 Å². The molecule has 0 radical (unpaired) electrons. The van der Waals surface area contributed by atoms with Crippen molar-refractivity contribution in [2.75, 3.05) is 20.3 Å². The molecule has 1 amide bonds. The Kier molecular flexibility index (Phi) is 6.82. The van der Waals surface area contributed by atoms with Crippen LogP contribution in [-0.2, 0) is 10.5 Å². The molecule has 1 aromatic heterocycles. The Balaban J connectivity index is 2.40. The average molecular weight is 295 g/mol. The number of amides is 1. The SMILES string of the molecule is COCC(O)CNC(=O)c1ccc(CSC(F)F)o1. The van der Waals surface area contributed by atoms with Gasteiger partial charge in [-0.2, -0.15) is 8.78 Å². The van der Waals surface area contributed by atoms with Crippen LogP contribution >= 0.6 is 11.8 Å². The van der Waals surface area contributed by atoms with E-state index in [0.29, 0.717) is 17.5 Å². The molecular weight excluding hydrogens is 280 g/mol. The highest BCUT2D eigenvalue weighted by Gasteiger charge is 2.14. The zero-order chi connectivity index (χ0) is 14.3. The molecule has 5 nitrogen and oxygen atoms in total. The highest BCUT2D eigenvalue weighted by atomic mass is 32.2. The van der Waals surface area contributed by atoms with Crippen molar-refractivity contribution in [3.05, 3.63) is 23.7 Å². The summed E-state index contributed by atoms with van der Waals surface area (Å²) in [5.74, 6) is -2.67. The number of carbonyl (C=O) groups excluding carboxylic acids is 1. The lowest BCUT2D eigenvalue weighted by molar-refractivity contribution is 0.0603. The monoisotopic (exact) mass is 295 g/mol. The van der Waals surface area contributed by atoms with Crippen LogP contribution < -0.4 is 5.32 Å². The van der Waals surface area contributed by atoms with Gasteiger partial charge in [0.15, 0.2) is 5.76 Å². The third-order valence-corrected chi connectivity index (χ3v) is 2.80. The summed E-state index contributed by atoms with van der Waals surface area (Å²) in [5, 5.41) is 11.8. The minimum atomic E-state index is -2.48. The van der Waals surface area contributed by atoms with E-state index in [1.807, 2.05) is 0 Å². The largest absolute Gasteiger partial charge is 0.455 e. The van der Waals surface area contributed by atoms with E-state index < -0.39 is 17.8 Å². The van der Waals surface area contributed by atoms with Gasteiger partial charge in [0.05, 0.1) is 18.5 Å². The molecule has 0 aliphatic rings. The summed E-state index contributed by atoms with van der Waals surface area (Å²) in [6.07, 6.45) is -0.808. The van der Waals surface area contributed by atoms with Crippen molar-refractivity contribution in [1.82, 2.24) is 5.32 Å². The number of aliphatic hydroxyl groups is 1. The van der Waals surface area contributed by atoms with E-state index >= 15 is 0 Å². The molecule has 2 N–H and O–H groups in total. The first-order valence-corrected chi connectivity index (χ1v) is 6.51. The van der Waals surface area contributed by atoms with Gasteiger partial charge in [-0.15, -0.1) is 0 Å².